The predicted molar refractivity (Wildman–Crippen MR) is 98.5 cm³/mol. The smallest absolute Gasteiger partial charge is 0.182 e. The van der Waals surface area contributed by atoms with Crippen molar-refractivity contribution in [1.82, 2.24) is 0 Å². The van der Waals surface area contributed by atoms with Crippen molar-refractivity contribution < 1.29 is 9.53 Å². The second-order valence-corrected chi connectivity index (χ2v) is 6.37. The van der Waals surface area contributed by atoms with Gasteiger partial charge in [-0.1, -0.05) is 60.7 Å². The van der Waals surface area contributed by atoms with Gasteiger partial charge in [-0.15, -0.1) is 11.3 Å². The van der Waals surface area contributed by atoms with Crippen molar-refractivity contribution >= 4 is 23.3 Å². The van der Waals surface area contributed by atoms with Gasteiger partial charge in [0, 0.05) is 5.56 Å². The van der Waals surface area contributed by atoms with Crippen LogP contribution >= 0.6 is 11.3 Å². The molecule has 2 aromatic carbocycles. The highest BCUT2D eigenvalue weighted by atomic mass is 32.1. The van der Waals surface area contributed by atoms with Crippen LogP contribution in [0.4, 0.5) is 0 Å². The number of carbonyl (C=O) groups is 1. The number of carbonyl (C=O) groups excluding carboxylic acids is 1. The average molecular weight is 335 g/mol. The molecule has 3 nitrogen and oxygen atoms in total. The van der Waals surface area contributed by atoms with Gasteiger partial charge in [0.05, 0.1) is 11.3 Å². The number of rotatable bonds is 6. The van der Waals surface area contributed by atoms with Gasteiger partial charge in [-0.05, 0) is 22.6 Å². The summed E-state index contributed by atoms with van der Waals surface area (Å²) in [5, 5.41) is 13.8. The molecule has 0 aliphatic carbocycles. The van der Waals surface area contributed by atoms with Gasteiger partial charge in [0.25, 0.3) is 0 Å². The molecule has 4 heteroatoms. The minimum Gasteiger partial charge on any atom is -0.624 e. The second kappa shape index (κ2) is 7.70. The monoisotopic (exact) mass is 335 g/mol. The Morgan fingerprint density at radius 2 is 1.67 bits per heavy atom. The number of hydrogen-bond acceptors (Lipinski definition) is 3. The molecule has 0 aliphatic heterocycles. The van der Waals surface area contributed by atoms with E-state index < -0.39 is 0 Å². The summed E-state index contributed by atoms with van der Waals surface area (Å²) in [6.45, 7) is 0.243. The number of thiophene rings is 1. The minimum atomic E-state index is -0.0229. The van der Waals surface area contributed by atoms with Crippen molar-refractivity contribution in [3.8, 4) is 11.1 Å². The fourth-order valence-corrected chi connectivity index (χ4v) is 3.08. The van der Waals surface area contributed by atoms with E-state index in [1.807, 2.05) is 53.9 Å². The van der Waals surface area contributed by atoms with E-state index in [4.69, 9.17) is 0 Å². The third kappa shape index (κ3) is 4.18. The molecule has 3 rings (SSSR count). The normalized spacial score (nSPS) is 11.4. The van der Waals surface area contributed by atoms with E-state index in [9.17, 15) is 10.0 Å². The highest BCUT2D eigenvalue weighted by molar-refractivity contribution is 7.12. The molecule has 0 fully saturated rings. The molecule has 0 unspecified atom stereocenters. The molecule has 0 bridgehead atoms. The first kappa shape index (κ1) is 16.1. The Labute approximate surface area is 145 Å². The molecule has 0 spiro atoms. The third-order valence-corrected chi connectivity index (χ3v) is 4.59. The number of Topliss-reactive ketones (excluding diaryl/α,β-unsaturated/α-hetero) is 1. The number of hydroxylamine groups is 1. The van der Waals surface area contributed by atoms with Crippen molar-refractivity contribution in [1.29, 1.82) is 0 Å². The van der Waals surface area contributed by atoms with Crippen LogP contribution < -0.4 is 0 Å². The van der Waals surface area contributed by atoms with Crippen LogP contribution in [0.3, 0.4) is 0 Å². The van der Waals surface area contributed by atoms with Crippen LogP contribution in [0, 0.1) is 5.21 Å². The van der Waals surface area contributed by atoms with Crippen molar-refractivity contribution in [2.45, 2.75) is 13.0 Å². The van der Waals surface area contributed by atoms with E-state index >= 15 is 0 Å². The highest BCUT2D eigenvalue weighted by Crippen LogP contribution is 2.19. The van der Waals surface area contributed by atoms with E-state index in [1.165, 1.54) is 17.6 Å². The summed E-state index contributed by atoms with van der Waals surface area (Å²) in [6, 6.07) is 21.6. The molecule has 3 aromatic rings. The lowest BCUT2D eigenvalue weighted by atomic mass is 10.0. The molecule has 0 aliphatic rings. The lowest BCUT2D eigenvalue weighted by Crippen LogP contribution is -2.08. The molecule has 0 atom stereocenters. The molecule has 24 heavy (non-hydrogen) atoms. The molecule has 0 amide bonds. The molecule has 1 aromatic heterocycles. The largest absolute Gasteiger partial charge is 0.624 e. The Morgan fingerprint density at radius 3 is 2.33 bits per heavy atom. The van der Waals surface area contributed by atoms with Crippen LogP contribution in [0.1, 0.15) is 21.7 Å². The Kier molecular flexibility index (Phi) is 5.18. The van der Waals surface area contributed by atoms with Gasteiger partial charge in [0.1, 0.15) is 0 Å². The van der Waals surface area contributed by atoms with Gasteiger partial charge >= 0.3 is 0 Å². The summed E-state index contributed by atoms with van der Waals surface area (Å²) in [5.41, 5.74) is 3.19. The maximum atomic E-state index is 12.0. The third-order valence-electron chi connectivity index (χ3n) is 3.68. The maximum Gasteiger partial charge on any atom is 0.182 e. The molecule has 120 valence electrons. The Hall–Kier alpha value is -2.72. The quantitative estimate of drug-likeness (QED) is 0.214. The summed E-state index contributed by atoms with van der Waals surface area (Å²) < 4.78 is 0.822. The van der Waals surface area contributed by atoms with Crippen molar-refractivity contribution in [3.05, 3.63) is 87.8 Å². The molecule has 0 saturated carbocycles. The first-order valence-electron chi connectivity index (χ1n) is 7.70. The fourth-order valence-electron chi connectivity index (χ4n) is 2.40. The van der Waals surface area contributed by atoms with E-state index in [-0.39, 0.29) is 18.7 Å². The first-order valence-corrected chi connectivity index (χ1v) is 8.58. The average Bonchev–Trinajstić information content (AvgIpc) is 3.16. The van der Waals surface area contributed by atoms with Crippen LogP contribution in [0.15, 0.2) is 72.1 Å². The Bertz CT molecular complexity index is 822. The van der Waals surface area contributed by atoms with E-state index in [0.717, 1.165) is 21.4 Å². The number of nitrogens with zero attached hydrogens (tertiary/aromatic N) is 1. The van der Waals surface area contributed by atoms with Gasteiger partial charge in [-0.25, -0.2) is 4.74 Å². The highest BCUT2D eigenvalue weighted by Gasteiger charge is 2.07. The number of benzene rings is 2. The van der Waals surface area contributed by atoms with Crippen LogP contribution in [0.2, 0.25) is 0 Å². The SMILES string of the molecule is O=C(C/C=[N+](\[O-])Cc1ccc(-c2ccccc2)cc1)c1cccs1. The van der Waals surface area contributed by atoms with Crippen molar-refractivity contribution in [3.63, 3.8) is 0 Å². The number of hydrogen-bond donors (Lipinski definition) is 0. The van der Waals surface area contributed by atoms with Crippen LogP contribution in [0.5, 0.6) is 0 Å². The van der Waals surface area contributed by atoms with Gasteiger partial charge < -0.3 is 5.21 Å². The summed E-state index contributed by atoms with van der Waals surface area (Å²) in [6.07, 6.45) is 1.54. The van der Waals surface area contributed by atoms with E-state index in [0.29, 0.717) is 4.88 Å². The summed E-state index contributed by atoms with van der Waals surface area (Å²) >= 11 is 1.40. The van der Waals surface area contributed by atoms with Crippen LogP contribution in [-0.2, 0) is 6.54 Å². The Morgan fingerprint density at radius 1 is 0.958 bits per heavy atom. The molecular formula is C20H17NO2S. The summed E-state index contributed by atoms with van der Waals surface area (Å²) in [5.74, 6) is -0.0229. The van der Waals surface area contributed by atoms with E-state index in [2.05, 4.69) is 12.1 Å². The maximum absolute atomic E-state index is 12.0. The first-order chi connectivity index (χ1) is 11.7. The molecule has 1 heterocycles. The molecule has 0 radical (unpaired) electrons. The zero-order chi connectivity index (χ0) is 16.8. The van der Waals surface area contributed by atoms with Crippen LogP contribution in [0.25, 0.3) is 11.1 Å². The molecule has 0 saturated heterocycles. The van der Waals surface area contributed by atoms with E-state index in [1.54, 1.807) is 6.07 Å². The van der Waals surface area contributed by atoms with Crippen molar-refractivity contribution in [2.75, 3.05) is 0 Å². The molecule has 0 N–H and O–H groups in total. The zero-order valence-corrected chi connectivity index (χ0v) is 13.9. The lowest BCUT2D eigenvalue weighted by Gasteiger charge is -2.06. The lowest BCUT2D eigenvalue weighted by molar-refractivity contribution is -0.470. The molecular weight excluding hydrogens is 318 g/mol. The standard InChI is InChI=1S/C20H17NO2S/c22-19(20-7-4-14-24-20)12-13-21(23)15-16-8-10-18(11-9-16)17-5-2-1-3-6-17/h1-11,13-14H,12,15H2/b21-13-. The Balaban J connectivity index is 1.61. The van der Waals surface area contributed by atoms with Gasteiger partial charge in [0.15, 0.2) is 18.5 Å². The van der Waals surface area contributed by atoms with Gasteiger partial charge in [0.2, 0.25) is 0 Å². The minimum absolute atomic E-state index is 0.0229. The fraction of sp³-hybridized carbons (Fsp3) is 0.100. The summed E-state index contributed by atoms with van der Waals surface area (Å²) in [7, 11) is 0. The van der Waals surface area contributed by atoms with Crippen LogP contribution in [-0.4, -0.2) is 16.7 Å². The topological polar surface area (TPSA) is 43.1 Å². The summed E-state index contributed by atoms with van der Waals surface area (Å²) in [4.78, 5) is 12.6. The van der Waals surface area contributed by atoms with Gasteiger partial charge in [-0.2, -0.15) is 0 Å². The van der Waals surface area contributed by atoms with Gasteiger partial charge in [-0.3, -0.25) is 4.79 Å². The zero-order valence-electron chi connectivity index (χ0n) is 13.1. The number of ketones is 1. The predicted octanol–water partition coefficient (Wildman–Crippen LogP) is 4.77. The second-order valence-electron chi connectivity index (χ2n) is 5.43. The van der Waals surface area contributed by atoms with Crippen molar-refractivity contribution in [2.24, 2.45) is 0 Å².